The Bertz CT molecular complexity index is 441. The normalized spacial score (nSPS) is 11.1. The highest BCUT2D eigenvalue weighted by atomic mass is 15.3. The molecule has 2 rings (SSSR count). The summed E-state index contributed by atoms with van der Waals surface area (Å²) in [5, 5.41) is 7.25. The molecule has 0 bridgehead atoms. The lowest BCUT2D eigenvalue weighted by atomic mass is 10.2. The smallest absolute Gasteiger partial charge is 0.0645 e. The molecule has 0 radical (unpaired) electrons. The Kier molecular flexibility index (Phi) is 3.51. The predicted molar refractivity (Wildman–Crippen MR) is 66.5 cm³/mol. The number of aromatic nitrogens is 2. The molecule has 0 amide bonds. The second-order valence-corrected chi connectivity index (χ2v) is 3.50. The van der Waals surface area contributed by atoms with Crippen LogP contribution in [-0.4, -0.2) is 23.4 Å². The first-order chi connectivity index (χ1) is 7.90. The van der Waals surface area contributed by atoms with Crippen molar-refractivity contribution in [2.75, 3.05) is 13.6 Å². The van der Waals surface area contributed by atoms with Crippen LogP contribution in [0.15, 0.2) is 48.8 Å². The maximum Gasteiger partial charge on any atom is 0.0645 e. The van der Waals surface area contributed by atoms with Crippen molar-refractivity contribution in [1.82, 2.24) is 15.1 Å². The monoisotopic (exact) mass is 213 g/mol. The van der Waals surface area contributed by atoms with E-state index in [0.717, 1.165) is 12.2 Å². The molecule has 1 aromatic carbocycles. The molecule has 0 saturated carbocycles. The van der Waals surface area contributed by atoms with Crippen molar-refractivity contribution in [3.8, 4) is 5.69 Å². The van der Waals surface area contributed by atoms with E-state index in [1.165, 1.54) is 5.56 Å². The fourth-order valence-electron chi connectivity index (χ4n) is 1.47. The summed E-state index contributed by atoms with van der Waals surface area (Å²) in [7, 11) is 1.94. The van der Waals surface area contributed by atoms with Crippen LogP contribution in [-0.2, 0) is 0 Å². The van der Waals surface area contributed by atoms with E-state index < -0.39 is 0 Å². The van der Waals surface area contributed by atoms with Crippen LogP contribution in [0.25, 0.3) is 11.8 Å². The van der Waals surface area contributed by atoms with Gasteiger partial charge in [-0.05, 0) is 30.8 Å². The molecule has 0 saturated heterocycles. The Balaban J connectivity index is 2.11. The molecule has 0 spiro atoms. The van der Waals surface area contributed by atoms with E-state index >= 15 is 0 Å². The maximum atomic E-state index is 4.18. The molecule has 0 atom stereocenters. The molecule has 82 valence electrons. The van der Waals surface area contributed by atoms with Crippen LogP contribution in [0.4, 0.5) is 0 Å². The summed E-state index contributed by atoms with van der Waals surface area (Å²) in [5.74, 6) is 0. The first-order valence-corrected chi connectivity index (χ1v) is 5.31. The van der Waals surface area contributed by atoms with Gasteiger partial charge in [-0.25, -0.2) is 4.68 Å². The zero-order valence-corrected chi connectivity index (χ0v) is 9.30. The highest BCUT2D eigenvalue weighted by molar-refractivity contribution is 5.51. The van der Waals surface area contributed by atoms with Crippen LogP contribution < -0.4 is 5.32 Å². The minimum absolute atomic E-state index is 0.890. The van der Waals surface area contributed by atoms with Gasteiger partial charge in [0.2, 0.25) is 0 Å². The molecule has 0 fully saturated rings. The van der Waals surface area contributed by atoms with Crippen LogP contribution >= 0.6 is 0 Å². The summed E-state index contributed by atoms with van der Waals surface area (Å²) in [4.78, 5) is 0. The van der Waals surface area contributed by atoms with Crippen molar-refractivity contribution < 1.29 is 0 Å². The van der Waals surface area contributed by atoms with Crippen molar-refractivity contribution in [2.45, 2.75) is 0 Å². The molecule has 0 aliphatic rings. The second-order valence-electron chi connectivity index (χ2n) is 3.50. The molecule has 16 heavy (non-hydrogen) atoms. The van der Waals surface area contributed by atoms with Crippen molar-refractivity contribution >= 4 is 6.08 Å². The molecule has 1 heterocycles. The molecule has 1 aromatic heterocycles. The molecule has 2 aromatic rings. The lowest BCUT2D eigenvalue weighted by molar-refractivity contribution is 0.880. The van der Waals surface area contributed by atoms with Crippen molar-refractivity contribution in [3.05, 3.63) is 54.4 Å². The van der Waals surface area contributed by atoms with Crippen LogP contribution in [0.5, 0.6) is 0 Å². The van der Waals surface area contributed by atoms with E-state index in [1.807, 2.05) is 24.0 Å². The van der Waals surface area contributed by atoms with Crippen molar-refractivity contribution in [2.24, 2.45) is 0 Å². The third-order valence-electron chi connectivity index (χ3n) is 2.29. The average Bonchev–Trinajstić information content (AvgIpc) is 2.84. The van der Waals surface area contributed by atoms with Gasteiger partial charge in [0, 0.05) is 18.9 Å². The van der Waals surface area contributed by atoms with Crippen LogP contribution in [0.2, 0.25) is 0 Å². The topological polar surface area (TPSA) is 29.9 Å². The summed E-state index contributed by atoms with van der Waals surface area (Å²) in [6.45, 7) is 0.890. The lowest BCUT2D eigenvalue weighted by Gasteiger charge is -2.01. The highest BCUT2D eigenvalue weighted by Gasteiger charge is 1.94. The van der Waals surface area contributed by atoms with Gasteiger partial charge in [0.1, 0.15) is 0 Å². The first kappa shape index (κ1) is 10.6. The number of hydrogen-bond acceptors (Lipinski definition) is 2. The quantitative estimate of drug-likeness (QED) is 0.843. The average molecular weight is 213 g/mol. The zero-order valence-electron chi connectivity index (χ0n) is 9.30. The SMILES string of the molecule is CNCC=Cc1ccc(-n2cccn2)cc1. The number of benzene rings is 1. The molecule has 0 unspecified atom stereocenters. The third-order valence-corrected chi connectivity index (χ3v) is 2.29. The van der Waals surface area contributed by atoms with Gasteiger partial charge in [0.15, 0.2) is 0 Å². The molecule has 3 nitrogen and oxygen atoms in total. The van der Waals surface area contributed by atoms with E-state index in [4.69, 9.17) is 0 Å². The Morgan fingerprint density at radius 1 is 1.31 bits per heavy atom. The van der Waals surface area contributed by atoms with Gasteiger partial charge in [-0.1, -0.05) is 24.3 Å². The van der Waals surface area contributed by atoms with E-state index in [1.54, 1.807) is 6.20 Å². The standard InChI is InChI=1S/C13H15N3/c1-14-9-2-4-12-5-7-13(8-6-12)16-11-3-10-15-16/h2-8,10-11,14H,9H2,1H3. The Morgan fingerprint density at radius 3 is 2.75 bits per heavy atom. The minimum Gasteiger partial charge on any atom is -0.316 e. The Labute approximate surface area is 95.4 Å². The van der Waals surface area contributed by atoms with Gasteiger partial charge in [-0.2, -0.15) is 5.10 Å². The number of likely N-dealkylation sites (N-methyl/N-ethyl adjacent to an activating group) is 1. The number of rotatable bonds is 4. The molecular formula is C13H15N3. The first-order valence-electron chi connectivity index (χ1n) is 5.31. The summed E-state index contributed by atoms with van der Waals surface area (Å²) in [6, 6.07) is 10.2. The fraction of sp³-hybridized carbons (Fsp3) is 0.154. The summed E-state index contributed by atoms with van der Waals surface area (Å²) < 4.78 is 1.85. The fourth-order valence-corrected chi connectivity index (χ4v) is 1.47. The zero-order chi connectivity index (χ0) is 11.2. The predicted octanol–water partition coefficient (Wildman–Crippen LogP) is 2.10. The van der Waals surface area contributed by atoms with Gasteiger partial charge in [0.25, 0.3) is 0 Å². The molecule has 0 aliphatic carbocycles. The third kappa shape index (κ3) is 2.58. The van der Waals surface area contributed by atoms with Gasteiger partial charge in [-0.15, -0.1) is 0 Å². The van der Waals surface area contributed by atoms with Gasteiger partial charge < -0.3 is 5.32 Å². The van der Waals surface area contributed by atoms with E-state index in [0.29, 0.717) is 0 Å². The molecule has 0 aliphatic heterocycles. The highest BCUT2D eigenvalue weighted by Crippen LogP contribution is 2.09. The van der Waals surface area contributed by atoms with Gasteiger partial charge in [-0.3, -0.25) is 0 Å². The largest absolute Gasteiger partial charge is 0.316 e. The van der Waals surface area contributed by atoms with E-state index in [2.05, 4.69) is 46.8 Å². The maximum absolute atomic E-state index is 4.18. The van der Waals surface area contributed by atoms with Crippen molar-refractivity contribution in [1.29, 1.82) is 0 Å². The van der Waals surface area contributed by atoms with Gasteiger partial charge in [0.05, 0.1) is 5.69 Å². The van der Waals surface area contributed by atoms with E-state index in [9.17, 15) is 0 Å². The molecular weight excluding hydrogens is 198 g/mol. The van der Waals surface area contributed by atoms with Crippen LogP contribution in [0.1, 0.15) is 5.56 Å². The summed E-state index contributed by atoms with van der Waals surface area (Å²) in [6.07, 6.45) is 7.92. The lowest BCUT2D eigenvalue weighted by Crippen LogP contribution is -2.03. The van der Waals surface area contributed by atoms with Crippen molar-refractivity contribution in [3.63, 3.8) is 0 Å². The summed E-state index contributed by atoms with van der Waals surface area (Å²) in [5.41, 5.74) is 2.28. The number of hydrogen-bond donors (Lipinski definition) is 1. The minimum atomic E-state index is 0.890. The number of nitrogens with zero attached hydrogens (tertiary/aromatic N) is 2. The van der Waals surface area contributed by atoms with Crippen LogP contribution in [0, 0.1) is 0 Å². The van der Waals surface area contributed by atoms with Crippen LogP contribution in [0.3, 0.4) is 0 Å². The Hall–Kier alpha value is -1.87. The Morgan fingerprint density at radius 2 is 2.12 bits per heavy atom. The molecule has 1 N–H and O–H groups in total. The van der Waals surface area contributed by atoms with E-state index in [-0.39, 0.29) is 0 Å². The second kappa shape index (κ2) is 5.28. The van der Waals surface area contributed by atoms with Gasteiger partial charge >= 0.3 is 0 Å². The summed E-state index contributed by atoms with van der Waals surface area (Å²) >= 11 is 0. The number of nitrogens with one attached hydrogen (secondary N) is 1. The molecule has 3 heteroatoms.